The van der Waals surface area contributed by atoms with Gasteiger partial charge in [0.15, 0.2) is 5.13 Å². The van der Waals surface area contributed by atoms with E-state index < -0.39 is 5.25 Å². The first kappa shape index (κ1) is 26.2. The lowest BCUT2D eigenvalue weighted by molar-refractivity contribution is -0.115. The van der Waals surface area contributed by atoms with Gasteiger partial charge in [0.2, 0.25) is 5.91 Å². The summed E-state index contributed by atoms with van der Waals surface area (Å²) in [6, 6.07) is 34.0. The summed E-state index contributed by atoms with van der Waals surface area (Å²) in [5.41, 5.74) is 3.87. The molecule has 0 saturated heterocycles. The van der Waals surface area contributed by atoms with Gasteiger partial charge in [-0.25, -0.2) is 4.98 Å². The summed E-state index contributed by atoms with van der Waals surface area (Å²) in [5.74, 6) is 0.235. The fraction of sp³-hybridized carbons (Fsp3) is 0.0645. The number of amides is 2. The Balaban J connectivity index is 1.29. The molecule has 1 heterocycles. The number of nitrogens with zero attached hydrogens (tertiary/aromatic N) is 1. The molecule has 0 aliphatic heterocycles. The molecule has 5 aromatic rings. The molecule has 5 rings (SSSR count). The fourth-order valence-corrected chi connectivity index (χ4v) is 5.61. The van der Waals surface area contributed by atoms with Crippen LogP contribution in [-0.2, 0) is 4.79 Å². The second-order valence-corrected chi connectivity index (χ2v) is 10.5. The van der Waals surface area contributed by atoms with Crippen molar-refractivity contribution in [3.63, 3.8) is 0 Å². The number of nitrogens with one attached hydrogen (secondary N) is 2. The number of thioether (sulfide) groups is 1. The third-order valence-electron chi connectivity index (χ3n) is 5.84. The zero-order chi connectivity index (χ0) is 27.0. The molecule has 0 spiro atoms. The molecule has 39 heavy (non-hydrogen) atoms. The predicted molar refractivity (Wildman–Crippen MR) is 159 cm³/mol. The number of carbonyl (C=O) groups is 2. The molecule has 8 heteroatoms. The van der Waals surface area contributed by atoms with Gasteiger partial charge < -0.3 is 15.4 Å². The van der Waals surface area contributed by atoms with Crippen molar-refractivity contribution < 1.29 is 14.3 Å². The van der Waals surface area contributed by atoms with E-state index in [1.807, 2.05) is 90.3 Å². The number of methoxy groups -OCH3 is 1. The molecule has 0 aliphatic carbocycles. The van der Waals surface area contributed by atoms with Crippen LogP contribution in [0.2, 0.25) is 0 Å². The Hall–Kier alpha value is -4.40. The number of anilines is 2. The molecular weight excluding hydrogens is 526 g/mol. The van der Waals surface area contributed by atoms with Gasteiger partial charge in [-0.1, -0.05) is 66.7 Å². The lowest BCUT2D eigenvalue weighted by Gasteiger charge is -2.16. The first-order valence-electron chi connectivity index (χ1n) is 12.2. The highest BCUT2D eigenvalue weighted by atomic mass is 32.2. The highest BCUT2D eigenvalue weighted by Crippen LogP contribution is 2.37. The number of ether oxygens (including phenoxy) is 1. The van der Waals surface area contributed by atoms with Crippen molar-refractivity contribution in [2.45, 2.75) is 10.1 Å². The summed E-state index contributed by atoms with van der Waals surface area (Å²) in [4.78, 5) is 31.6. The lowest BCUT2D eigenvalue weighted by atomic mass is 10.1. The molecular formula is C31H25N3O3S2. The van der Waals surface area contributed by atoms with Crippen molar-refractivity contribution in [2.24, 2.45) is 0 Å². The van der Waals surface area contributed by atoms with Crippen molar-refractivity contribution in [1.29, 1.82) is 0 Å². The molecule has 1 unspecified atom stereocenters. The molecule has 1 atom stereocenters. The van der Waals surface area contributed by atoms with Crippen LogP contribution in [0, 0.1) is 0 Å². The van der Waals surface area contributed by atoms with Gasteiger partial charge in [-0.15, -0.1) is 23.1 Å². The molecule has 4 aromatic carbocycles. The minimum Gasteiger partial charge on any atom is -0.497 e. The topological polar surface area (TPSA) is 80.3 Å². The number of thiazole rings is 1. The third-order valence-corrected chi connectivity index (χ3v) is 7.87. The summed E-state index contributed by atoms with van der Waals surface area (Å²) in [6.07, 6.45) is 0. The minimum atomic E-state index is -0.493. The van der Waals surface area contributed by atoms with Crippen LogP contribution in [0.4, 0.5) is 10.8 Å². The van der Waals surface area contributed by atoms with Gasteiger partial charge in [-0.05, 0) is 48.0 Å². The van der Waals surface area contributed by atoms with Gasteiger partial charge in [0.25, 0.3) is 5.91 Å². The molecule has 0 bridgehead atoms. The summed E-state index contributed by atoms with van der Waals surface area (Å²) >= 11 is 2.84. The summed E-state index contributed by atoms with van der Waals surface area (Å²) < 4.78 is 5.20. The van der Waals surface area contributed by atoms with Crippen LogP contribution in [0.15, 0.2) is 119 Å². The second kappa shape index (κ2) is 12.4. The molecule has 1 aromatic heterocycles. The Kier molecular flexibility index (Phi) is 8.36. The highest BCUT2D eigenvalue weighted by molar-refractivity contribution is 8.00. The molecule has 2 N–H and O–H groups in total. The van der Waals surface area contributed by atoms with E-state index in [9.17, 15) is 9.59 Å². The van der Waals surface area contributed by atoms with Crippen LogP contribution in [0.1, 0.15) is 21.2 Å². The number of rotatable bonds is 9. The summed E-state index contributed by atoms with van der Waals surface area (Å²) in [6.45, 7) is 0. The van der Waals surface area contributed by atoms with E-state index in [1.165, 1.54) is 23.1 Å². The van der Waals surface area contributed by atoms with Crippen LogP contribution >= 0.6 is 23.1 Å². The van der Waals surface area contributed by atoms with Gasteiger partial charge in [-0.3, -0.25) is 9.59 Å². The zero-order valence-electron chi connectivity index (χ0n) is 21.0. The smallest absolute Gasteiger partial charge is 0.255 e. The van der Waals surface area contributed by atoms with Gasteiger partial charge in [0.05, 0.1) is 12.8 Å². The largest absolute Gasteiger partial charge is 0.497 e. The molecule has 0 fully saturated rings. The van der Waals surface area contributed by atoms with Crippen LogP contribution in [0.3, 0.4) is 0 Å². The SMILES string of the molecule is COc1cccc(C(=O)Nc2ccc(SC(C(=O)Nc3nc(-c4ccccc4)cs3)c3ccccc3)cc2)c1. The normalized spacial score (nSPS) is 11.4. The molecule has 0 saturated carbocycles. The first-order chi connectivity index (χ1) is 19.1. The molecule has 0 radical (unpaired) electrons. The maximum Gasteiger partial charge on any atom is 0.255 e. The second-order valence-electron chi connectivity index (χ2n) is 8.51. The maximum absolute atomic E-state index is 13.5. The quantitative estimate of drug-likeness (QED) is 0.185. The van der Waals surface area contributed by atoms with Crippen LogP contribution < -0.4 is 15.4 Å². The molecule has 194 valence electrons. The van der Waals surface area contributed by atoms with Crippen LogP contribution in [0.25, 0.3) is 11.3 Å². The number of benzene rings is 4. The number of hydrogen-bond acceptors (Lipinski definition) is 6. The zero-order valence-corrected chi connectivity index (χ0v) is 22.7. The Bertz CT molecular complexity index is 1560. The Morgan fingerprint density at radius 1 is 0.846 bits per heavy atom. The number of carbonyl (C=O) groups excluding carboxylic acids is 2. The standard InChI is InChI=1S/C31H25N3O3S2/c1-37-25-14-8-13-23(19-25)29(35)32-24-15-17-26(18-16-24)39-28(22-11-6-3-7-12-22)30(36)34-31-33-27(20-38-31)21-9-4-2-5-10-21/h2-20,28H,1H3,(H,32,35)(H,33,34,36). The van der Waals surface area contributed by atoms with E-state index >= 15 is 0 Å². The van der Waals surface area contributed by atoms with Crippen molar-refractivity contribution in [3.8, 4) is 17.0 Å². The van der Waals surface area contributed by atoms with Gasteiger partial charge in [-0.2, -0.15) is 0 Å². The Morgan fingerprint density at radius 2 is 1.56 bits per heavy atom. The average molecular weight is 552 g/mol. The van der Waals surface area contributed by atoms with E-state index in [4.69, 9.17) is 4.74 Å². The summed E-state index contributed by atoms with van der Waals surface area (Å²) in [7, 11) is 1.56. The molecule has 2 amide bonds. The monoisotopic (exact) mass is 551 g/mol. The van der Waals surface area contributed by atoms with Crippen molar-refractivity contribution in [3.05, 3.63) is 126 Å². The van der Waals surface area contributed by atoms with E-state index in [0.29, 0.717) is 22.1 Å². The average Bonchev–Trinajstić information content (AvgIpc) is 3.46. The molecule has 6 nitrogen and oxygen atoms in total. The van der Waals surface area contributed by atoms with E-state index in [1.54, 1.807) is 31.4 Å². The van der Waals surface area contributed by atoms with Gasteiger partial charge in [0.1, 0.15) is 11.0 Å². The minimum absolute atomic E-state index is 0.157. The van der Waals surface area contributed by atoms with Gasteiger partial charge >= 0.3 is 0 Å². The van der Waals surface area contributed by atoms with E-state index in [2.05, 4.69) is 15.6 Å². The Morgan fingerprint density at radius 3 is 2.28 bits per heavy atom. The van der Waals surface area contributed by atoms with E-state index in [0.717, 1.165) is 21.7 Å². The van der Waals surface area contributed by atoms with Crippen molar-refractivity contribution in [2.75, 3.05) is 17.7 Å². The maximum atomic E-state index is 13.5. The number of hydrogen-bond donors (Lipinski definition) is 2. The first-order valence-corrected chi connectivity index (χ1v) is 13.9. The van der Waals surface area contributed by atoms with Crippen molar-refractivity contribution >= 4 is 45.7 Å². The number of aromatic nitrogens is 1. The van der Waals surface area contributed by atoms with Crippen LogP contribution in [0.5, 0.6) is 5.75 Å². The van der Waals surface area contributed by atoms with Gasteiger partial charge in [0, 0.05) is 27.1 Å². The Labute approximate surface area is 235 Å². The lowest BCUT2D eigenvalue weighted by Crippen LogP contribution is -2.19. The third kappa shape index (κ3) is 6.73. The fourth-order valence-electron chi connectivity index (χ4n) is 3.86. The predicted octanol–water partition coefficient (Wildman–Crippen LogP) is 7.54. The van der Waals surface area contributed by atoms with Crippen LogP contribution in [-0.4, -0.2) is 23.9 Å². The molecule has 0 aliphatic rings. The summed E-state index contributed by atoms with van der Waals surface area (Å²) in [5, 5.41) is 7.90. The highest BCUT2D eigenvalue weighted by Gasteiger charge is 2.23. The van der Waals surface area contributed by atoms with E-state index in [-0.39, 0.29) is 11.8 Å². The van der Waals surface area contributed by atoms with Crippen molar-refractivity contribution in [1.82, 2.24) is 4.98 Å².